The highest BCUT2D eigenvalue weighted by Crippen LogP contribution is 2.72. The van der Waals surface area contributed by atoms with Crippen molar-refractivity contribution in [2.45, 2.75) is 83.1 Å². The molecule has 12 unspecified atom stereocenters. The van der Waals surface area contributed by atoms with Gasteiger partial charge in [0.05, 0.1) is 25.7 Å². The van der Waals surface area contributed by atoms with Gasteiger partial charge in [0.1, 0.15) is 18.3 Å². The van der Waals surface area contributed by atoms with Crippen molar-refractivity contribution in [1.29, 1.82) is 0 Å². The minimum Gasteiger partial charge on any atom is -0.467 e. The highest BCUT2D eigenvalue weighted by Gasteiger charge is 2.85. The number of aliphatic hydroxyl groups excluding tert-OH is 3. The maximum Gasteiger partial charge on any atom is 0.348 e. The predicted molar refractivity (Wildman–Crippen MR) is 122 cm³/mol. The van der Waals surface area contributed by atoms with Gasteiger partial charge in [-0.3, -0.25) is 9.59 Å². The van der Waals surface area contributed by atoms with Crippen molar-refractivity contribution in [3.63, 3.8) is 0 Å². The molecule has 0 aromatic carbocycles. The Morgan fingerprint density at radius 3 is 2.46 bits per heavy atom. The van der Waals surface area contributed by atoms with Crippen molar-refractivity contribution < 1.29 is 53.4 Å². The van der Waals surface area contributed by atoms with Crippen LogP contribution >= 0.6 is 0 Å². The predicted octanol–water partition coefficient (Wildman–Crippen LogP) is -0.238. The minimum atomic E-state index is -2.18. The van der Waals surface area contributed by atoms with Gasteiger partial charge in [-0.15, -0.1) is 0 Å². The van der Waals surface area contributed by atoms with Crippen molar-refractivity contribution in [2.24, 2.45) is 40.4 Å². The topological polar surface area (TPSA) is 166 Å². The number of ketones is 1. The van der Waals surface area contributed by atoms with Crippen LogP contribution in [0.1, 0.15) is 47.0 Å². The standard InChI is InChI=1S/C26H36O11/c1-10(2)6-15(28)37-18-20-25-9-35-26(20,23(33)34-5)21(31)17(30)19(25)24(4)8-13(27)16(29)11(3)12(24)7-14(25)36-22(18)32/h10-12,14,16-21,29-31H,6-9H2,1-5H3. The molecule has 0 aromatic rings. The third-order valence-electron chi connectivity index (χ3n) is 10.1. The number of carbonyl (C=O) groups excluding carboxylic acids is 4. The zero-order valence-electron chi connectivity index (χ0n) is 21.7. The fourth-order valence-corrected chi connectivity index (χ4v) is 8.74. The Morgan fingerprint density at radius 1 is 1.16 bits per heavy atom. The van der Waals surface area contributed by atoms with Crippen molar-refractivity contribution >= 4 is 23.7 Å². The molecule has 2 aliphatic heterocycles. The van der Waals surface area contributed by atoms with Gasteiger partial charge in [-0.2, -0.15) is 0 Å². The summed E-state index contributed by atoms with van der Waals surface area (Å²) >= 11 is 0. The highest BCUT2D eigenvalue weighted by molar-refractivity contribution is 5.88. The Kier molecular flexibility index (Phi) is 6.06. The molecule has 2 saturated heterocycles. The quantitative estimate of drug-likeness (QED) is 0.328. The van der Waals surface area contributed by atoms with E-state index >= 15 is 0 Å². The summed E-state index contributed by atoms with van der Waals surface area (Å²) in [6.45, 7) is 7.02. The average Bonchev–Trinajstić information content (AvgIpc) is 3.12. The van der Waals surface area contributed by atoms with Gasteiger partial charge in [0.25, 0.3) is 0 Å². The summed E-state index contributed by atoms with van der Waals surface area (Å²) in [5.41, 5.74) is -4.37. The number of hydrogen-bond acceptors (Lipinski definition) is 11. The first-order chi connectivity index (χ1) is 17.3. The van der Waals surface area contributed by atoms with Crippen LogP contribution in [0.25, 0.3) is 0 Å². The third-order valence-corrected chi connectivity index (χ3v) is 10.1. The van der Waals surface area contributed by atoms with Crippen LogP contribution in [0.5, 0.6) is 0 Å². The second kappa shape index (κ2) is 8.46. The number of hydrogen-bond donors (Lipinski definition) is 3. The number of rotatable bonds is 4. The molecule has 37 heavy (non-hydrogen) atoms. The summed E-state index contributed by atoms with van der Waals surface area (Å²) in [6.07, 6.45) is -6.86. The minimum absolute atomic E-state index is 0.0112. The van der Waals surface area contributed by atoms with E-state index in [0.29, 0.717) is 0 Å². The van der Waals surface area contributed by atoms with Crippen molar-refractivity contribution in [1.82, 2.24) is 0 Å². The Hall–Kier alpha value is -2.08. The van der Waals surface area contributed by atoms with Crippen LogP contribution in [0.2, 0.25) is 0 Å². The van der Waals surface area contributed by atoms with Gasteiger partial charge in [0.2, 0.25) is 11.7 Å². The van der Waals surface area contributed by atoms with Gasteiger partial charge in [-0.25, -0.2) is 9.59 Å². The molecule has 0 radical (unpaired) electrons. The van der Waals surface area contributed by atoms with E-state index in [1.807, 2.05) is 20.8 Å². The molecule has 11 heteroatoms. The molecule has 3 saturated carbocycles. The molecule has 11 nitrogen and oxygen atoms in total. The molecular formula is C26H36O11. The number of fused-ring (bicyclic) bond motifs is 2. The molecule has 5 rings (SSSR count). The fraction of sp³-hybridized carbons (Fsp3) is 0.846. The van der Waals surface area contributed by atoms with Gasteiger partial charge in [0, 0.05) is 24.2 Å². The van der Waals surface area contributed by atoms with E-state index in [0.717, 1.165) is 7.11 Å². The van der Waals surface area contributed by atoms with E-state index in [4.69, 9.17) is 18.9 Å². The van der Waals surface area contributed by atoms with Crippen LogP contribution in [-0.2, 0) is 38.1 Å². The molecular weight excluding hydrogens is 488 g/mol. The third kappa shape index (κ3) is 3.20. The molecule has 206 valence electrons. The van der Waals surface area contributed by atoms with Crippen LogP contribution in [0.3, 0.4) is 0 Å². The largest absolute Gasteiger partial charge is 0.467 e. The van der Waals surface area contributed by atoms with E-state index in [9.17, 15) is 34.5 Å². The summed E-state index contributed by atoms with van der Waals surface area (Å²) in [5.74, 6) is -5.91. The molecule has 5 aliphatic rings. The number of carbonyl (C=O) groups is 4. The first kappa shape index (κ1) is 26.5. The van der Waals surface area contributed by atoms with Gasteiger partial charge >= 0.3 is 17.9 Å². The van der Waals surface area contributed by atoms with E-state index in [1.165, 1.54) is 0 Å². The lowest BCUT2D eigenvalue weighted by Gasteiger charge is -2.68. The molecule has 2 heterocycles. The first-order valence-electron chi connectivity index (χ1n) is 13.0. The van der Waals surface area contributed by atoms with Crippen LogP contribution in [-0.4, -0.2) is 88.8 Å². The normalized spacial score (nSPS) is 50.1. The Bertz CT molecular complexity index is 1030. The van der Waals surface area contributed by atoms with Gasteiger partial charge in [-0.05, 0) is 29.6 Å². The molecule has 0 aromatic heterocycles. The molecule has 12 atom stereocenters. The zero-order valence-corrected chi connectivity index (χ0v) is 21.7. The van der Waals surface area contributed by atoms with Crippen molar-refractivity contribution in [2.75, 3.05) is 13.7 Å². The molecule has 0 amide bonds. The van der Waals surface area contributed by atoms with Crippen LogP contribution < -0.4 is 0 Å². The molecule has 3 aliphatic carbocycles. The Labute approximate surface area is 214 Å². The number of Topliss-reactive ketones (excluding diaryl/α,β-unsaturated/α-hetero) is 1. The second-order valence-corrected chi connectivity index (χ2v) is 12.3. The molecule has 5 fully saturated rings. The number of esters is 3. The van der Waals surface area contributed by atoms with E-state index < -0.39 is 82.6 Å². The zero-order chi connectivity index (χ0) is 27.2. The lowest BCUT2D eigenvalue weighted by atomic mass is 9.37. The maximum atomic E-state index is 13.4. The smallest absolute Gasteiger partial charge is 0.348 e. The van der Waals surface area contributed by atoms with Gasteiger partial charge in [-0.1, -0.05) is 27.7 Å². The monoisotopic (exact) mass is 524 g/mol. The SMILES string of the molecule is COC(=O)C12OCC34C(CC5C(C)C(O)C(=O)CC5(C)C3C(O)C1O)OC(=O)C(OC(=O)CC(C)C)C24. The Morgan fingerprint density at radius 2 is 1.84 bits per heavy atom. The van der Waals surface area contributed by atoms with E-state index in [-0.39, 0.29) is 43.5 Å². The maximum absolute atomic E-state index is 13.4. The molecule has 3 N–H and O–H groups in total. The van der Waals surface area contributed by atoms with Crippen LogP contribution in [0.4, 0.5) is 0 Å². The fourth-order valence-electron chi connectivity index (χ4n) is 8.74. The van der Waals surface area contributed by atoms with E-state index in [1.54, 1.807) is 6.92 Å². The average molecular weight is 525 g/mol. The van der Waals surface area contributed by atoms with Gasteiger partial charge in [0.15, 0.2) is 5.78 Å². The van der Waals surface area contributed by atoms with Crippen LogP contribution in [0.15, 0.2) is 0 Å². The summed E-state index contributed by atoms with van der Waals surface area (Å²) in [5, 5.41) is 33.7. The lowest BCUT2D eigenvalue weighted by Crippen LogP contribution is -2.79. The Balaban J connectivity index is 1.70. The van der Waals surface area contributed by atoms with E-state index in [2.05, 4.69) is 0 Å². The van der Waals surface area contributed by atoms with Crippen molar-refractivity contribution in [3.8, 4) is 0 Å². The summed E-state index contributed by atoms with van der Waals surface area (Å²) in [4.78, 5) is 52.4. The number of methoxy groups -OCH3 is 1. The summed E-state index contributed by atoms with van der Waals surface area (Å²) < 4.78 is 22.6. The lowest BCUT2D eigenvalue weighted by molar-refractivity contribution is -0.299. The summed E-state index contributed by atoms with van der Waals surface area (Å²) in [7, 11) is 1.11. The number of aliphatic hydroxyl groups is 3. The molecule has 1 spiro atoms. The second-order valence-electron chi connectivity index (χ2n) is 12.3. The first-order valence-corrected chi connectivity index (χ1v) is 13.0. The number of ether oxygens (including phenoxy) is 4. The summed E-state index contributed by atoms with van der Waals surface area (Å²) in [6, 6.07) is 0. The van der Waals surface area contributed by atoms with Crippen molar-refractivity contribution in [3.05, 3.63) is 0 Å². The van der Waals surface area contributed by atoms with Crippen LogP contribution in [0, 0.1) is 40.4 Å². The van der Waals surface area contributed by atoms with Gasteiger partial charge < -0.3 is 34.3 Å². The molecule has 2 bridgehead atoms. The highest BCUT2D eigenvalue weighted by atomic mass is 16.6.